The Morgan fingerprint density at radius 3 is 2.90 bits per heavy atom. The predicted molar refractivity (Wildman–Crippen MR) is 78.8 cm³/mol. The monoisotopic (exact) mass is 277 g/mol. The van der Waals surface area contributed by atoms with E-state index in [1.54, 1.807) is 12.1 Å². The van der Waals surface area contributed by atoms with Crippen LogP contribution in [0.5, 0.6) is 0 Å². The number of carbonyl (C=O) groups is 1. The number of nitrogens with zero attached hydrogens (tertiary/aromatic N) is 3. The maximum Gasteiger partial charge on any atom is 0.271 e. The van der Waals surface area contributed by atoms with E-state index in [0.29, 0.717) is 24.1 Å². The Morgan fingerprint density at radius 1 is 1.45 bits per heavy atom. The molecule has 1 aromatic rings. The van der Waals surface area contributed by atoms with E-state index < -0.39 is 0 Å². The number of likely N-dealkylation sites (N-methyl/N-ethyl adjacent to an activating group) is 1. The number of amides is 1. The third-order valence-corrected chi connectivity index (χ3v) is 3.62. The van der Waals surface area contributed by atoms with Crippen molar-refractivity contribution in [3.05, 3.63) is 17.8 Å². The molecule has 0 bridgehead atoms. The van der Waals surface area contributed by atoms with E-state index in [0.717, 1.165) is 25.9 Å². The Labute approximate surface area is 120 Å². The standard InChI is InChI=1S/C14H23N5O/c1-3-8-15-13-7-6-12(17-18-13)14(20)16-10-11-5-4-9-19(11)2/h6-7,11H,3-5,8-10H2,1-2H3,(H,15,18)(H,16,20). The van der Waals surface area contributed by atoms with E-state index in [1.165, 1.54) is 6.42 Å². The van der Waals surface area contributed by atoms with Crippen molar-refractivity contribution >= 4 is 11.7 Å². The number of hydrogen-bond acceptors (Lipinski definition) is 5. The van der Waals surface area contributed by atoms with Gasteiger partial charge in [0.15, 0.2) is 5.69 Å². The molecule has 2 heterocycles. The highest BCUT2D eigenvalue weighted by Crippen LogP contribution is 2.13. The van der Waals surface area contributed by atoms with Crippen molar-refractivity contribution in [2.75, 3.05) is 32.0 Å². The van der Waals surface area contributed by atoms with Crippen LogP contribution in [0.2, 0.25) is 0 Å². The van der Waals surface area contributed by atoms with E-state index in [9.17, 15) is 4.79 Å². The van der Waals surface area contributed by atoms with Gasteiger partial charge in [-0.2, -0.15) is 0 Å². The van der Waals surface area contributed by atoms with E-state index in [2.05, 4.69) is 39.7 Å². The number of likely N-dealkylation sites (tertiary alicyclic amines) is 1. The smallest absolute Gasteiger partial charge is 0.271 e. The van der Waals surface area contributed by atoms with Crippen molar-refractivity contribution in [2.45, 2.75) is 32.2 Å². The second kappa shape index (κ2) is 7.19. The molecular formula is C14H23N5O. The minimum atomic E-state index is -0.153. The van der Waals surface area contributed by atoms with E-state index in [-0.39, 0.29) is 5.91 Å². The van der Waals surface area contributed by atoms with Crippen molar-refractivity contribution in [1.82, 2.24) is 20.4 Å². The van der Waals surface area contributed by atoms with Crippen molar-refractivity contribution < 1.29 is 4.79 Å². The largest absolute Gasteiger partial charge is 0.369 e. The highest BCUT2D eigenvalue weighted by molar-refractivity contribution is 5.92. The number of anilines is 1. The van der Waals surface area contributed by atoms with E-state index in [1.807, 2.05) is 0 Å². The van der Waals surface area contributed by atoms with Gasteiger partial charge < -0.3 is 15.5 Å². The highest BCUT2D eigenvalue weighted by Gasteiger charge is 2.21. The minimum Gasteiger partial charge on any atom is -0.369 e. The third kappa shape index (κ3) is 3.90. The molecule has 1 aliphatic rings. The molecule has 2 rings (SSSR count). The number of carbonyl (C=O) groups excluding carboxylic acids is 1. The van der Waals surface area contributed by atoms with Crippen molar-refractivity contribution in [3.8, 4) is 0 Å². The topological polar surface area (TPSA) is 70.2 Å². The van der Waals surface area contributed by atoms with Crippen LogP contribution < -0.4 is 10.6 Å². The zero-order chi connectivity index (χ0) is 14.4. The molecule has 1 unspecified atom stereocenters. The third-order valence-electron chi connectivity index (χ3n) is 3.62. The van der Waals surface area contributed by atoms with Crippen LogP contribution >= 0.6 is 0 Å². The molecule has 110 valence electrons. The molecule has 20 heavy (non-hydrogen) atoms. The SMILES string of the molecule is CCCNc1ccc(C(=O)NCC2CCCN2C)nn1. The van der Waals surface area contributed by atoms with Gasteiger partial charge in [-0.3, -0.25) is 4.79 Å². The summed E-state index contributed by atoms with van der Waals surface area (Å²) in [6, 6.07) is 3.94. The molecule has 6 nitrogen and oxygen atoms in total. The summed E-state index contributed by atoms with van der Waals surface area (Å²) in [5, 5.41) is 14.0. The fourth-order valence-electron chi connectivity index (χ4n) is 2.34. The average molecular weight is 277 g/mol. The number of hydrogen-bond donors (Lipinski definition) is 2. The Bertz CT molecular complexity index is 434. The lowest BCUT2D eigenvalue weighted by Gasteiger charge is -2.19. The van der Waals surface area contributed by atoms with Crippen LogP contribution in [0.4, 0.5) is 5.82 Å². The van der Waals surface area contributed by atoms with Crippen LogP contribution in [0.15, 0.2) is 12.1 Å². The molecular weight excluding hydrogens is 254 g/mol. The van der Waals surface area contributed by atoms with E-state index >= 15 is 0 Å². The van der Waals surface area contributed by atoms with Crippen molar-refractivity contribution in [2.24, 2.45) is 0 Å². The molecule has 0 aromatic carbocycles. The predicted octanol–water partition coefficient (Wildman–Crippen LogP) is 1.12. The Kier molecular flexibility index (Phi) is 5.29. The van der Waals surface area contributed by atoms with Gasteiger partial charge in [-0.05, 0) is 45.0 Å². The summed E-state index contributed by atoms with van der Waals surface area (Å²) >= 11 is 0. The summed E-state index contributed by atoms with van der Waals surface area (Å²) in [7, 11) is 2.10. The Hall–Kier alpha value is -1.69. The first-order valence-electron chi connectivity index (χ1n) is 7.26. The van der Waals surface area contributed by atoms with E-state index in [4.69, 9.17) is 0 Å². The second-order valence-electron chi connectivity index (χ2n) is 5.22. The molecule has 1 aliphatic heterocycles. The maximum absolute atomic E-state index is 12.0. The normalized spacial score (nSPS) is 19.0. The Balaban J connectivity index is 1.82. The molecule has 6 heteroatoms. The molecule has 0 radical (unpaired) electrons. The highest BCUT2D eigenvalue weighted by atomic mass is 16.1. The van der Waals surface area contributed by atoms with Gasteiger partial charge in [0.05, 0.1) is 0 Å². The fourth-order valence-corrected chi connectivity index (χ4v) is 2.34. The number of nitrogens with one attached hydrogen (secondary N) is 2. The van der Waals surface area contributed by atoms with Crippen LogP contribution in [-0.2, 0) is 0 Å². The first-order chi connectivity index (χ1) is 9.70. The molecule has 1 atom stereocenters. The zero-order valence-electron chi connectivity index (χ0n) is 12.2. The van der Waals surface area contributed by atoms with Gasteiger partial charge in [0.2, 0.25) is 0 Å². The summed E-state index contributed by atoms with van der Waals surface area (Å²) < 4.78 is 0. The van der Waals surface area contributed by atoms with Crippen LogP contribution in [0.25, 0.3) is 0 Å². The second-order valence-corrected chi connectivity index (χ2v) is 5.22. The Morgan fingerprint density at radius 2 is 2.30 bits per heavy atom. The summed E-state index contributed by atoms with van der Waals surface area (Å²) in [5.41, 5.74) is 0.368. The molecule has 1 aromatic heterocycles. The van der Waals surface area contributed by atoms with Crippen LogP contribution in [0.1, 0.15) is 36.7 Å². The lowest BCUT2D eigenvalue weighted by molar-refractivity contribution is 0.0937. The van der Waals surface area contributed by atoms with Gasteiger partial charge >= 0.3 is 0 Å². The fraction of sp³-hybridized carbons (Fsp3) is 0.643. The van der Waals surface area contributed by atoms with Gasteiger partial charge in [-0.1, -0.05) is 6.92 Å². The lowest BCUT2D eigenvalue weighted by Crippen LogP contribution is -2.38. The quantitative estimate of drug-likeness (QED) is 0.815. The molecule has 0 spiro atoms. The van der Waals surface area contributed by atoms with Gasteiger partial charge in [0.1, 0.15) is 5.82 Å². The first kappa shape index (κ1) is 14.7. The van der Waals surface area contributed by atoms with Crippen molar-refractivity contribution in [3.63, 3.8) is 0 Å². The minimum absolute atomic E-state index is 0.153. The average Bonchev–Trinajstić information content (AvgIpc) is 2.88. The summed E-state index contributed by atoms with van der Waals surface area (Å²) in [6.45, 7) is 4.72. The molecule has 1 amide bonds. The number of rotatable bonds is 6. The summed E-state index contributed by atoms with van der Waals surface area (Å²) in [6.07, 6.45) is 3.37. The molecule has 0 saturated carbocycles. The van der Waals surface area contributed by atoms with Gasteiger partial charge in [-0.15, -0.1) is 10.2 Å². The summed E-state index contributed by atoms with van der Waals surface area (Å²) in [4.78, 5) is 14.3. The van der Waals surface area contributed by atoms with Crippen LogP contribution in [0, 0.1) is 0 Å². The molecule has 1 fully saturated rings. The van der Waals surface area contributed by atoms with Crippen molar-refractivity contribution in [1.29, 1.82) is 0 Å². The van der Waals surface area contributed by atoms with Gasteiger partial charge in [0.25, 0.3) is 5.91 Å². The zero-order valence-corrected chi connectivity index (χ0v) is 12.2. The van der Waals surface area contributed by atoms with Gasteiger partial charge in [0, 0.05) is 19.1 Å². The first-order valence-corrected chi connectivity index (χ1v) is 7.26. The van der Waals surface area contributed by atoms with Crippen LogP contribution in [-0.4, -0.2) is 53.7 Å². The molecule has 0 aliphatic carbocycles. The maximum atomic E-state index is 12.0. The molecule has 1 saturated heterocycles. The van der Waals surface area contributed by atoms with Crippen LogP contribution in [0.3, 0.4) is 0 Å². The molecule has 2 N–H and O–H groups in total. The summed E-state index contributed by atoms with van der Waals surface area (Å²) in [5.74, 6) is 0.554. The van der Waals surface area contributed by atoms with Gasteiger partial charge in [-0.25, -0.2) is 0 Å². The lowest BCUT2D eigenvalue weighted by atomic mass is 10.2. The number of aromatic nitrogens is 2.